The second-order valence-electron chi connectivity index (χ2n) is 1.20. The minimum Gasteiger partial charge on any atom is -0.330 e. The predicted octanol–water partition coefficient (Wildman–Crippen LogP) is 1.29. The van der Waals surface area contributed by atoms with Gasteiger partial charge in [-0.3, -0.25) is 0 Å². The monoisotopic (exact) mass is 165 g/mol. The van der Waals surface area contributed by atoms with E-state index in [0.29, 0.717) is 0 Å². The third kappa shape index (κ3) is 4.23. The Morgan fingerprint density at radius 3 is 2.78 bits per heavy atom. The molecule has 0 N–H and O–H groups in total. The molecule has 0 aliphatic carbocycles. The lowest BCUT2D eigenvalue weighted by molar-refractivity contribution is 0.0108. The average molecular weight is 165 g/mol. The first kappa shape index (κ1) is 8.71. The SMILES string of the molecule is CSC(=O)ON(C)C=S. The van der Waals surface area contributed by atoms with Gasteiger partial charge in [0.1, 0.15) is 5.49 Å². The van der Waals surface area contributed by atoms with Crippen LogP contribution in [0.5, 0.6) is 0 Å². The van der Waals surface area contributed by atoms with E-state index in [0.717, 1.165) is 11.8 Å². The fourth-order valence-corrected chi connectivity index (χ4v) is 0.411. The van der Waals surface area contributed by atoms with Crippen molar-refractivity contribution in [1.82, 2.24) is 5.06 Å². The van der Waals surface area contributed by atoms with Gasteiger partial charge in [0, 0.05) is 7.05 Å². The number of hydroxylamine groups is 2. The summed E-state index contributed by atoms with van der Waals surface area (Å²) in [5.41, 5.74) is 1.24. The Labute approximate surface area is 63.3 Å². The molecule has 0 rings (SSSR count). The number of thioether (sulfide) groups is 1. The van der Waals surface area contributed by atoms with E-state index in [9.17, 15) is 4.79 Å². The van der Waals surface area contributed by atoms with Gasteiger partial charge < -0.3 is 4.84 Å². The zero-order chi connectivity index (χ0) is 7.28. The van der Waals surface area contributed by atoms with E-state index >= 15 is 0 Å². The first-order valence-corrected chi connectivity index (χ1v) is 3.84. The van der Waals surface area contributed by atoms with Crippen LogP contribution in [0.3, 0.4) is 0 Å². The molecule has 0 saturated heterocycles. The van der Waals surface area contributed by atoms with Crippen LogP contribution in [0.1, 0.15) is 0 Å². The van der Waals surface area contributed by atoms with Crippen molar-refractivity contribution in [2.24, 2.45) is 0 Å². The number of hydrogen-bond donors (Lipinski definition) is 0. The van der Waals surface area contributed by atoms with Crippen LogP contribution in [0.15, 0.2) is 0 Å². The van der Waals surface area contributed by atoms with E-state index in [1.165, 1.54) is 10.6 Å². The molecule has 3 nitrogen and oxygen atoms in total. The molecular weight excluding hydrogens is 158 g/mol. The van der Waals surface area contributed by atoms with Crippen molar-refractivity contribution in [2.45, 2.75) is 0 Å². The summed E-state index contributed by atoms with van der Waals surface area (Å²) in [4.78, 5) is 15.0. The van der Waals surface area contributed by atoms with Crippen LogP contribution in [0.4, 0.5) is 4.79 Å². The standard InChI is InChI=1S/C4H7NO2S2/c1-5(3-8)7-4(6)9-2/h3H,1-2H3. The molecule has 0 spiro atoms. The van der Waals surface area contributed by atoms with E-state index in [2.05, 4.69) is 17.1 Å². The molecule has 5 heteroatoms. The quantitative estimate of drug-likeness (QED) is 0.454. The minimum atomic E-state index is -0.362. The second kappa shape index (κ2) is 4.58. The van der Waals surface area contributed by atoms with Gasteiger partial charge in [-0.05, 0) is 18.0 Å². The molecule has 0 unspecified atom stereocenters. The molecular formula is C4H7NO2S2. The van der Waals surface area contributed by atoms with E-state index < -0.39 is 0 Å². The van der Waals surface area contributed by atoms with E-state index in [-0.39, 0.29) is 5.30 Å². The van der Waals surface area contributed by atoms with Gasteiger partial charge in [0.05, 0.1) is 0 Å². The lowest BCUT2D eigenvalue weighted by Gasteiger charge is -2.08. The van der Waals surface area contributed by atoms with Crippen molar-refractivity contribution < 1.29 is 9.63 Å². The summed E-state index contributed by atoms with van der Waals surface area (Å²) in [6.45, 7) is 0. The highest BCUT2D eigenvalue weighted by atomic mass is 32.2. The summed E-state index contributed by atoms with van der Waals surface area (Å²) in [6.07, 6.45) is 1.64. The molecule has 0 aromatic carbocycles. The Morgan fingerprint density at radius 2 is 2.44 bits per heavy atom. The number of nitrogens with zero attached hydrogens (tertiary/aromatic N) is 1. The molecule has 52 valence electrons. The summed E-state index contributed by atoms with van der Waals surface area (Å²) in [7, 11) is 1.56. The van der Waals surface area contributed by atoms with Crippen LogP contribution >= 0.6 is 24.0 Å². The molecule has 0 amide bonds. The largest absolute Gasteiger partial charge is 0.391 e. The number of rotatable bonds is 2. The summed E-state index contributed by atoms with van der Waals surface area (Å²) < 4.78 is 0. The van der Waals surface area contributed by atoms with Gasteiger partial charge in [0.25, 0.3) is 0 Å². The second-order valence-corrected chi connectivity index (χ2v) is 2.15. The maximum atomic E-state index is 10.4. The van der Waals surface area contributed by atoms with Crippen LogP contribution < -0.4 is 0 Å². The molecule has 0 fully saturated rings. The lowest BCUT2D eigenvalue weighted by Crippen LogP contribution is -2.17. The highest BCUT2D eigenvalue weighted by molar-refractivity contribution is 8.12. The minimum absolute atomic E-state index is 0.362. The third-order valence-corrected chi connectivity index (χ3v) is 1.24. The van der Waals surface area contributed by atoms with Crippen LogP contribution in [0.25, 0.3) is 0 Å². The Balaban J connectivity index is 3.46. The van der Waals surface area contributed by atoms with Crippen molar-refractivity contribution in [3.63, 3.8) is 0 Å². The fourth-order valence-electron chi connectivity index (χ4n) is 0.176. The first-order valence-electron chi connectivity index (χ1n) is 2.14. The predicted molar refractivity (Wildman–Crippen MR) is 41.4 cm³/mol. The number of thiocarbonyl (C=S) groups is 1. The van der Waals surface area contributed by atoms with Gasteiger partial charge in [-0.2, -0.15) is 0 Å². The molecule has 0 heterocycles. The summed E-state index contributed by atoms with van der Waals surface area (Å²) in [6, 6.07) is 0. The van der Waals surface area contributed by atoms with Gasteiger partial charge in [0.15, 0.2) is 0 Å². The molecule has 9 heavy (non-hydrogen) atoms. The summed E-state index contributed by atoms with van der Waals surface area (Å²) in [5, 5.41) is 0.812. The highest BCUT2D eigenvalue weighted by Crippen LogP contribution is 1.98. The van der Waals surface area contributed by atoms with Crippen LogP contribution in [-0.4, -0.2) is 29.2 Å². The fraction of sp³-hybridized carbons (Fsp3) is 0.500. The molecule has 0 saturated carbocycles. The summed E-state index contributed by atoms with van der Waals surface area (Å²) >= 11 is 5.45. The Kier molecular flexibility index (Phi) is 4.43. The van der Waals surface area contributed by atoms with Crippen molar-refractivity contribution in [3.8, 4) is 0 Å². The maximum Gasteiger partial charge on any atom is 0.391 e. The Bertz CT molecular complexity index is 117. The molecule has 0 aliphatic rings. The third-order valence-electron chi connectivity index (χ3n) is 0.534. The van der Waals surface area contributed by atoms with Crippen LogP contribution in [0.2, 0.25) is 0 Å². The van der Waals surface area contributed by atoms with Gasteiger partial charge in [-0.25, -0.2) is 9.86 Å². The van der Waals surface area contributed by atoms with E-state index in [4.69, 9.17) is 0 Å². The van der Waals surface area contributed by atoms with Crippen molar-refractivity contribution in [1.29, 1.82) is 0 Å². The summed E-state index contributed by atoms with van der Waals surface area (Å²) in [5.74, 6) is 0. The van der Waals surface area contributed by atoms with Gasteiger partial charge >= 0.3 is 5.30 Å². The smallest absolute Gasteiger partial charge is 0.330 e. The molecule has 0 radical (unpaired) electrons. The highest BCUT2D eigenvalue weighted by Gasteiger charge is 1.99. The number of carbonyl (C=O) groups is 1. The van der Waals surface area contributed by atoms with Crippen molar-refractivity contribution >= 4 is 34.8 Å². The first-order chi connectivity index (χ1) is 4.20. The van der Waals surface area contributed by atoms with Crippen LogP contribution in [-0.2, 0) is 4.84 Å². The van der Waals surface area contributed by atoms with Gasteiger partial charge in [-0.15, -0.1) is 0 Å². The van der Waals surface area contributed by atoms with Crippen LogP contribution in [0, 0.1) is 0 Å². The van der Waals surface area contributed by atoms with Crippen molar-refractivity contribution in [3.05, 3.63) is 0 Å². The lowest BCUT2D eigenvalue weighted by atomic mass is 11.2. The normalized spacial score (nSPS) is 8.22. The zero-order valence-electron chi connectivity index (χ0n) is 5.16. The molecule has 0 aromatic heterocycles. The van der Waals surface area contributed by atoms with E-state index in [1.54, 1.807) is 13.3 Å². The Hall–Kier alpha value is -0.290. The zero-order valence-corrected chi connectivity index (χ0v) is 6.79. The molecule has 0 aromatic rings. The topological polar surface area (TPSA) is 29.5 Å². The Morgan fingerprint density at radius 1 is 1.89 bits per heavy atom. The van der Waals surface area contributed by atoms with Crippen molar-refractivity contribution in [2.75, 3.05) is 13.3 Å². The number of carbonyl (C=O) groups excluding carboxylic acids is 1. The maximum absolute atomic E-state index is 10.4. The average Bonchev–Trinajstić information content (AvgIpc) is 1.87. The van der Waals surface area contributed by atoms with Gasteiger partial charge in [0.2, 0.25) is 0 Å². The molecule has 0 atom stereocenters. The number of hydrogen-bond acceptors (Lipinski definition) is 4. The molecule has 0 bridgehead atoms. The van der Waals surface area contributed by atoms with E-state index in [1.807, 2.05) is 0 Å². The molecule has 0 aliphatic heterocycles. The van der Waals surface area contributed by atoms with Gasteiger partial charge in [-0.1, -0.05) is 12.2 Å².